The highest BCUT2D eigenvalue weighted by Gasteiger charge is 2.26. The van der Waals surface area contributed by atoms with Crippen LogP contribution in [-0.2, 0) is 9.53 Å². The van der Waals surface area contributed by atoms with Gasteiger partial charge in [-0.2, -0.15) is 0 Å². The molecule has 0 saturated heterocycles. The third kappa shape index (κ3) is 3.69. The number of nitrogens with two attached hydrogens (primary N) is 1. The van der Waals surface area contributed by atoms with E-state index in [1.165, 1.54) is 0 Å². The molecular weight excluding hydrogens is 210 g/mol. The second-order valence-electron chi connectivity index (χ2n) is 3.68. The van der Waals surface area contributed by atoms with Crippen LogP contribution in [0.25, 0.3) is 0 Å². The van der Waals surface area contributed by atoms with Crippen molar-refractivity contribution < 1.29 is 14.7 Å². The molecule has 2 atom stereocenters. The molecule has 6 nitrogen and oxygen atoms in total. The maximum Gasteiger partial charge on any atom is 0.233 e. The zero-order chi connectivity index (χ0) is 12.7. The summed E-state index contributed by atoms with van der Waals surface area (Å²) in [4.78, 5) is 13.6. The van der Waals surface area contributed by atoms with E-state index >= 15 is 0 Å². The molecule has 0 heterocycles. The summed E-state index contributed by atoms with van der Waals surface area (Å²) in [5.41, 5.74) is 5.41. The maximum absolute atomic E-state index is 12.0. The summed E-state index contributed by atoms with van der Waals surface area (Å²) in [6, 6.07) is -0.0311. The molecule has 0 aliphatic carbocycles. The lowest BCUT2D eigenvalue weighted by atomic mass is 10.1. The van der Waals surface area contributed by atoms with E-state index in [0.29, 0.717) is 13.2 Å². The van der Waals surface area contributed by atoms with Crippen molar-refractivity contribution in [3.63, 3.8) is 0 Å². The van der Waals surface area contributed by atoms with Crippen molar-refractivity contribution in [1.82, 2.24) is 4.90 Å². The van der Waals surface area contributed by atoms with E-state index in [2.05, 4.69) is 5.16 Å². The number of amides is 1. The Bertz CT molecular complexity index is 256. The van der Waals surface area contributed by atoms with Gasteiger partial charge in [-0.25, -0.2) is 0 Å². The SMILES string of the molecule is CCN(C(=O)C(C)C(N)=NO)C(C)COC. The summed E-state index contributed by atoms with van der Waals surface area (Å²) in [5, 5.41) is 11.4. The molecule has 3 N–H and O–H groups in total. The van der Waals surface area contributed by atoms with Crippen molar-refractivity contribution >= 4 is 11.7 Å². The van der Waals surface area contributed by atoms with Crippen molar-refractivity contribution in [3.05, 3.63) is 0 Å². The van der Waals surface area contributed by atoms with Gasteiger partial charge in [0.2, 0.25) is 5.91 Å². The highest BCUT2D eigenvalue weighted by Crippen LogP contribution is 2.07. The molecule has 0 saturated carbocycles. The summed E-state index contributed by atoms with van der Waals surface area (Å²) in [5.74, 6) is -0.861. The van der Waals surface area contributed by atoms with E-state index < -0.39 is 5.92 Å². The van der Waals surface area contributed by atoms with Gasteiger partial charge in [0.25, 0.3) is 0 Å². The van der Waals surface area contributed by atoms with Crippen molar-refractivity contribution in [2.75, 3.05) is 20.3 Å². The lowest BCUT2D eigenvalue weighted by Gasteiger charge is -2.29. The number of amidine groups is 1. The number of carbonyl (C=O) groups excluding carboxylic acids is 1. The number of methoxy groups -OCH3 is 1. The van der Waals surface area contributed by atoms with E-state index in [0.717, 1.165) is 0 Å². The van der Waals surface area contributed by atoms with Crippen LogP contribution in [0.5, 0.6) is 0 Å². The van der Waals surface area contributed by atoms with Crippen molar-refractivity contribution in [3.8, 4) is 0 Å². The Morgan fingerprint density at radius 2 is 2.12 bits per heavy atom. The minimum atomic E-state index is -0.621. The van der Waals surface area contributed by atoms with Gasteiger partial charge < -0.3 is 20.6 Å². The Hall–Kier alpha value is -1.30. The van der Waals surface area contributed by atoms with Crippen LogP contribution < -0.4 is 5.73 Å². The quantitative estimate of drug-likeness (QED) is 0.297. The van der Waals surface area contributed by atoms with Crippen LogP contribution in [0.3, 0.4) is 0 Å². The molecule has 0 radical (unpaired) electrons. The number of carbonyl (C=O) groups is 1. The van der Waals surface area contributed by atoms with E-state index in [4.69, 9.17) is 15.7 Å². The average molecular weight is 231 g/mol. The van der Waals surface area contributed by atoms with Crippen LogP contribution in [0.2, 0.25) is 0 Å². The monoisotopic (exact) mass is 231 g/mol. The largest absolute Gasteiger partial charge is 0.409 e. The molecule has 6 heteroatoms. The molecule has 0 aliphatic heterocycles. The van der Waals surface area contributed by atoms with E-state index in [1.807, 2.05) is 13.8 Å². The van der Waals surface area contributed by atoms with Gasteiger partial charge in [-0.1, -0.05) is 5.16 Å². The highest BCUT2D eigenvalue weighted by molar-refractivity contribution is 6.01. The fourth-order valence-corrected chi connectivity index (χ4v) is 1.48. The Kier molecular flexibility index (Phi) is 6.48. The molecule has 0 aromatic carbocycles. The molecule has 0 aliphatic rings. The normalized spacial score (nSPS) is 15.6. The molecule has 0 rings (SSSR count). The molecule has 0 aromatic heterocycles. The third-order valence-corrected chi connectivity index (χ3v) is 2.49. The summed E-state index contributed by atoms with van der Waals surface area (Å²) >= 11 is 0. The van der Waals surface area contributed by atoms with Crippen molar-refractivity contribution in [1.29, 1.82) is 0 Å². The van der Waals surface area contributed by atoms with Gasteiger partial charge >= 0.3 is 0 Å². The summed E-state index contributed by atoms with van der Waals surface area (Å²) in [6.07, 6.45) is 0. The van der Waals surface area contributed by atoms with Crippen LogP contribution in [0.1, 0.15) is 20.8 Å². The van der Waals surface area contributed by atoms with Gasteiger partial charge in [0.05, 0.1) is 18.6 Å². The van der Waals surface area contributed by atoms with E-state index in [9.17, 15) is 4.79 Å². The van der Waals surface area contributed by atoms with E-state index in [-0.39, 0.29) is 17.8 Å². The molecule has 1 amide bonds. The number of likely N-dealkylation sites (N-methyl/N-ethyl adjacent to an activating group) is 1. The fraction of sp³-hybridized carbons (Fsp3) is 0.800. The Balaban J connectivity index is 4.65. The molecular formula is C10H21N3O3. The number of oxime groups is 1. The predicted molar refractivity (Wildman–Crippen MR) is 61.3 cm³/mol. The Labute approximate surface area is 96.0 Å². The molecule has 0 spiro atoms. The van der Waals surface area contributed by atoms with Crippen LogP contribution in [0, 0.1) is 5.92 Å². The summed E-state index contributed by atoms with van der Waals surface area (Å²) < 4.78 is 5.00. The molecule has 2 unspecified atom stereocenters. The van der Waals surface area contributed by atoms with Gasteiger partial charge in [0.1, 0.15) is 0 Å². The van der Waals surface area contributed by atoms with E-state index in [1.54, 1.807) is 18.9 Å². The molecule has 0 bridgehead atoms. The molecule has 94 valence electrons. The van der Waals surface area contributed by atoms with Gasteiger partial charge in [-0.05, 0) is 20.8 Å². The zero-order valence-corrected chi connectivity index (χ0v) is 10.3. The first-order valence-electron chi connectivity index (χ1n) is 5.26. The van der Waals surface area contributed by atoms with Gasteiger partial charge in [0.15, 0.2) is 5.84 Å². The fourth-order valence-electron chi connectivity index (χ4n) is 1.48. The zero-order valence-electron chi connectivity index (χ0n) is 10.3. The highest BCUT2D eigenvalue weighted by atomic mass is 16.5. The maximum atomic E-state index is 12.0. The first-order chi connectivity index (χ1) is 7.49. The van der Waals surface area contributed by atoms with Crippen molar-refractivity contribution in [2.45, 2.75) is 26.8 Å². The first-order valence-corrected chi connectivity index (χ1v) is 5.26. The molecule has 0 aromatic rings. The average Bonchev–Trinajstić information content (AvgIpc) is 2.28. The predicted octanol–water partition coefficient (Wildman–Crippen LogP) is 0.252. The van der Waals surface area contributed by atoms with Gasteiger partial charge in [0, 0.05) is 13.7 Å². The van der Waals surface area contributed by atoms with Crippen LogP contribution in [0.15, 0.2) is 5.16 Å². The van der Waals surface area contributed by atoms with Crippen molar-refractivity contribution in [2.24, 2.45) is 16.8 Å². The standard InChI is InChI=1S/C10H21N3O3/c1-5-13(7(2)6-16-4)10(14)8(3)9(11)12-15/h7-8,15H,5-6H2,1-4H3,(H2,11,12). The minimum absolute atomic E-state index is 0.0311. The number of ether oxygens (including phenoxy) is 1. The smallest absolute Gasteiger partial charge is 0.233 e. The number of nitrogens with zero attached hydrogens (tertiary/aromatic N) is 2. The topological polar surface area (TPSA) is 88.2 Å². The lowest BCUT2D eigenvalue weighted by Crippen LogP contribution is -2.46. The third-order valence-electron chi connectivity index (χ3n) is 2.49. The minimum Gasteiger partial charge on any atom is -0.409 e. The van der Waals surface area contributed by atoms with Gasteiger partial charge in [-0.3, -0.25) is 4.79 Å². The number of rotatable bonds is 6. The first kappa shape index (κ1) is 14.7. The lowest BCUT2D eigenvalue weighted by molar-refractivity contribution is -0.135. The Morgan fingerprint density at radius 3 is 2.50 bits per heavy atom. The second-order valence-corrected chi connectivity index (χ2v) is 3.68. The number of hydrogen-bond donors (Lipinski definition) is 2. The van der Waals surface area contributed by atoms with Crippen LogP contribution in [0.4, 0.5) is 0 Å². The molecule has 16 heavy (non-hydrogen) atoms. The second kappa shape index (κ2) is 7.05. The van der Waals surface area contributed by atoms with Crippen LogP contribution in [-0.4, -0.2) is 48.2 Å². The number of hydrogen-bond acceptors (Lipinski definition) is 4. The summed E-state index contributed by atoms with van der Waals surface area (Å²) in [6.45, 7) is 6.40. The Morgan fingerprint density at radius 1 is 1.56 bits per heavy atom. The molecule has 0 fully saturated rings. The van der Waals surface area contributed by atoms with Crippen LogP contribution >= 0.6 is 0 Å². The van der Waals surface area contributed by atoms with Gasteiger partial charge in [-0.15, -0.1) is 0 Å². The summed E-state index contributed by atoms with van der Waals surface area (Å²) in [7, 11) is 1.59.